The molecular weight excluding hydrogens is 184 g/mol. The standard InChI is InChI=1S/C9H18N2O3/c1-11(4-6-13-2)8(12)9(10)3-5-14-7-9/h3-7,10H2,1-2H3. The van der Waals surface area contributed by atoms with Gasteiger partial charge in [-0.3, -0.25) is 4.79 Å². The van der Waals surface area contributed by atoms with Crippen LogP contribution in [0.25, 0.3) is 0 Å². The number of rotatable bonds is 4. The van der Waals surface area contributed by atoms with Gasteiger partial charge in [0.15, 0.2) is 0 Å². The van der Waals surface area contributed by atoms with Crippen LogP contribution in [0.1, 0.15) is 6.42 Å². The highest BCUT2D eigenvalue weighted by molar-refractivity contribution is 5.86. The van der Waals surface area contributed by atoms with Gasteiger partial charge in [0.25, 0.3) is 0 Å². The molecule has 0 aliphatic carbocycles. The second-order valence-corrected chi connectivity index (χ2v) is 3.68. The smallest absolute Gasteiger partial charge is 0.244 e. The van der Waals surface area contributed by atoms with Crippen molar-refractivity contribution in [1.82, 2.24) is 4.90 Å². The highest BCUT2D eigenvalue weighted by Crippen LogP contribution is 2.17. The first-order chi connectivity index (χ1) is 6.60. The van der Waals surface area contributed by atoms with Crippen molar-refractivity contribution in [3.8, 4) is 0 Å². The number of carbonyl (C=O) groups excluding carboxylic acids is 1. The van der Waals surface area contributed by atoms with Gasteiger partial charge in [-0.05, 0) is 6.42 Å². The average Bonchev–Trinajstić information content (AvgIpc) is 2.61. The number of hydrogen-bond donors (Lipinski definition) is 1. The number of hydrogen-bond acceptors (Lipinski definition) is 4. The molecule has 1 saturated heterocycles. The van der Waals surface area contributed by atoms with Gasteiger partial charge in [-0.2, -0.15) is 0 Å². The maximum atomic E-state index is 11.8. The van der Waals surface area contributed by atoms with E-state index in [0.29, 0.717) is 32.8 Å². The number of nitrogens with zero attached hydrogens (tertiary/aromatic N) is 1. The molecule has 1 rings (SSSR count). The van der Waals surface area contributed by atoms with Crippen molar-refractivity contribution in [2.45, 2.75) is 12.0 Å². The van der Waals surface area contributed by atoms with Gasteiger partial charge in [-0.1, -0.05) is 0 Å². The summed E-state index contributed by atoms with van der Waals surface area (Å²) in [5.41, 5.74) is 5.10. The Labute approximate surface area is 84.1 Å². The van der Waals surface area contributed by atoms with E-state index in [-0.39, 0.29) is 5.91 Å². The van der Waals surface area contributed by atoms with Crippen molar-refractivity contribution in [3.63, 3.8) is 0 Å². The van der Waals surface area contributed by atoms with Crippen LogP contribution in [0.15, 0.2) is 0 Å². The zero-order chi connectivity index (χ0) is 10.6. The van der Waals surface area contributed by atoms with Crippen LogP contribution in [0.5, 0.6) is 0 Å². The van der Waals surface area contributed by atoms with Crippen molar-refractivity contribution in [2.75, 3.05) is 40.5 Å². The zero-order valence-corrected chi connectivity index (χ0v) is 8.78. The monoisotopic (exact) mass is 202 g/mol. The minimum absolute atomic E-state index is 0.0629. The predicted molar refractivity (Wildman–Crippen MR) is 51.9 cm³/mol. The van der Waals surface area contributed by atoms with E-state index in [1.807, 2.05) is 0 Å². The minimum atomic E-state index is -0.817. The summed E-state index contributed by atoms with van der Waals surface area (Å²) < 4.78 is 10.0. The molecule has 0 spiro atoms. The van der Waals surface area contributed by atoms with Gasteiger partial charge >= 0.3 is 0 Å². The SMILES string of the molecule is COCCN(C)C(=O)C1(N)CCOC1. The van der Waals surface area contributed by atoms with Gasteiger partial charge in [-0.15, -0.1) is 0 Å². The molecule has 0 radical (unpaired) electrons. The molecule has 1 unspecified atom stereocenters. The molecule has 1 fully saturated rings. The number of carbonyl (C=O) groups is 1. The first-order valence-corrected chi connectivity index (χ1v) is 4.71. The first-order valence-electron chi connectivity index (χ1n) is 4.71. The molecule has 0 saturated carbocycles. The summed E-state index contributed by atoms with van der Waals surface area (Å²) >= 11 is 0. The highest BCUT2D eigenvalue weighted by Gasteiger charge is 2.39. The summed E-state index contributed by atoms with van der Waals surface area (Å²) in [6, 6.07) is 0. The molecule has 2 N–H and O–H groups in total. The summed E-state index contributed by atoms with van der Waals surface area (Å²) in [4.78, 5) is 13.4. The number of nitrogens with two attached hydrogens (primary N) is 1. The summed E-state index contributed by atoms with van der Waals surface area (Å²) in [5, 5.41) is 0. The molecule has 1 aliphatic heterocycles. The van der Waals surface area contributed by atoms with Crippen LogP contribution in [0, 0.1) is 0 Å². The van der Waals surface area contributed by atoms with E-state index in [1.54, 1.807) is 19.1 Å². The van der Waals surface area contributed by atoms with Gasteiger partial charge in [0.2, 0.25) is 5.91 Å². The van der Waals surface area contributed by atoms with Gasteiger partial charge in [0, 0.05) is 27.3 Å². The molecule has 5 heteroatoms. The van der Waals surface area contributed by atoms with Crippen LogP contribution >= 0.6 is 0 Å². The van der Waals surface area contributed by atoms with Crippen molar-refractivity contribution in [1.29, 1.82) is 0 Å². The van der Waals surface area contributed by atoms with Gasteiger partial charge in [0.1, 0.15) is 5.54 Å². The largest absolute Gasteiger partial charge is 0.383 e. The van der Waals surface area contributed by atoms with E-state index in [0.717, 1.165) is 0 Å². The van der Waals surface area contributed by atoms with Gasteiger partial charge < -0.3 is 20.1 Å². The fraction of sp³-hybridized carbons (Fsp3) is 0.889. The maximum absolute atomic E-state index is 11.8. The number of methoxy groups -OCH3 is 1. The Balaban J connectivity index is 2.46. The van der Waals surface area contributed by atoms with Gasteiger partial charge in [-0.25, -0.2) is 0 Å². The van der Waals surface area contributed by atoms with Crippen LogP contribution in [0.4, 0.5) is 0 Å². The third-order valence-corrected chi connectivity index (χ3v) is 2.46. The highest BCUT2D eigenvalue weighted by atomic mass is 16.5. The van der Waals surface area contributed by atoms with E-state index in [1.165, 1.54) is 0 Å². The predicted octanol–water partition coefficient (Wildman–Crippen LogP) is -0.791. The van der Waals surface area contributed by atoms with Crippen molar-refractivity contribution in [3.05, 3.63) is 0 Å². The third-order valence-electron chi connectivity index (χ3n) is 2.46. The van der Waals surface area contributed by atoms with E-state index in [4.69, 9.17) is 15.2 Å². The van der Waals surface area contributed by atoms with E-state index < -0.39 is 5.54 Å². The number of amides is 1. The lowest BCUT2D eigenvalue weighted by molar-refractivity contribution is -0.136. The molecule has 1 atom stereocenters. The molecule has 0 aromatic heterocycles. The summed E-state index contributed by atoms with van der Waals surface area (Å²) in [7, 11) is 3.34. The Morgan fingerprint density at radius 2 is 2.43 bits per heavy atom. The topological polar surface area (TPSA) is 64.8 Å². The minimum Gasteiger partial charge on any atom is -0.383 e. The van der Waals surface area contributed by atoms with Crippen molar-refractivity contribution >= 4 is 5.91 Å². The summed E-state index contributed by atoms with van der Waals surface area (Å²) in [5.74, 6) is -0.0629. The van der Waals surface area contributed by atoms with Crippen molar-refractivity contribution in [2.24, 2.45) is 5.73 Å². The second kappa shape index (κ2) is 4.72. The van der Waals surface area contributed by atoms with Crippen LogP contribution in [0.2, 0.25) is 0 Å². The molecule has 0 bridgehead atoms. The molecule has 1 heterocycles. The Hall–Kier alpha value is -0.650. The van der Waals surface area contributed by atoms with E-state index in [2.05, 4.69) is 0 Å². The van der Waals surface area contributed by atoms with E-state index >= 15 is 0 Å². The second-order valence-electron chi connectivity index (χ2n) is 3.68. The van der Waals surface area contributed by atoms with Crippen LogP contribution in [-0.2, 0) is 14.3 Å². The molecule has 1 aliphatic rings. The summed E-state index contributed by atoms with van der Waals surface area (Å²) in [6.45, 7) is 1.98. The van der Waals surface area contributed by atoms with Gasteiger partial charge in [0.05, 0.1) is 13.2 Å². The Morgan fingerprint density at radius 1 is 1.71 bits per heavy atom. The quantitative estimate of drug-likeness (QED) is 0.649. The van der Waals surface area contributed by atoms with Crippen molar-refractivity contribution < 1.29 is 14.3 Å². The fourth-order valence-corrected chi connectivity index (χ4v) is 1.46. The van der Waals surface area contributed by atoms with E-state index in [9.17, 15) is 4.79 Å². The maximum Gasteiger partial charge on any atom is 0.244 e. The first kappa shape index (κ1) is 11.4. The summed E-state index contributed by atoms with van der Waals surface area (Å²) in [6.07, 6.45) is 0.600. The molecule has 0 aromatic carbocycles. The molecule has 14 heavy (non-hydrogen) atoms. The third kappa shape index (κ3) is 2.43. The lowest BCUT2D eigenvalue weighted by Crippen LogP contribution is -2.55. The number of likely N-dealkylation sites (N-methyl/N-ethyl adjacent to an activating group) is 1. The lowest BCUT2D eigenvalue weighted by Gasteiger charge is -2.27. The Kier molecular flexibility index (Phi) is 3.86. The zero-order valence-electron chi connectivity index (χ0n) is 8.78. The Bertz CT molecular complexity index is 202. The number of ether oxygens (including phenoxy) is 2. The molecule has 82 valence electrons. The van der Waals surface area contributed by atoms with Crippen LogP contribution < -0.4 is 5.73 Å². The lowest BCUT2D eigenvalue weighted by atomic mass is 9.99. The van der Waals surface area contributed by atoms with Crippen LogP contribution in [0.3, 0.4) is 0 Å². The molecule has 1 amide bonds. The molecular formula is C9H18N2O3. The molecule has 5 nitrogen and oxygen atoms in total. The molecule has 0 aromatic rings. The normalized spacial score (nSPS) is 26.5. The van der Waals surface area contributed by atoms with Crippen LogP contribution in [-0.4, -0.2) is 56.9 Å². The fourth-order valence-electron chi connectivity index (χ4n) is 1.46. The average molecular weight is 202 g/mol. The Morgan fingerprint density at radius 3 is 2.93 bits per heavy atom.